The number of hydrogen-bond donors (Lipinski definition) is 1. The van der Waals surface area contributed by atoms with Crippen molar-refractivity contribution in [3.05, 3.63) is 59.7 Å². The largest absolute Gasteiger partial charge is 0.380 e. The van der Waals surface area contributed by atoms with E-state index in [1.165, 1.54) is 18.4 Å². The van der Waals surface area contributed by atoms with Gasteiger partial charge in [-0.25, -0.2) is 12.7 Å². The van der Waals surface area contributed by atoms with Gasteiger partial charge in [-0.2, -0.15) is 0 Å². The maximum absolute atomic E-state index is 13.2. The van der Waals surface area contributed by atoms with Crippen molar-refractivity contribution in [1.29, 1.82) is 0 Å². The molecule has 6 nitrogen and oxygen atoms in total. The molecule has 0 spiro atoms. The third-order valence-electron chi connectivity index (χ3n) is 5.47. The molecule has 1 amide bonds. The van der Waals surface area contributed by atoms with Crippen LogP contribution in [0.3, 0.4) is 0 Å². The molecular weight excluding hydrogens is 398 g/mol. The number of carbonyl (C=O) groups is 1. The Balaban J connectivity index is 1.77. The first-order valence-electron chi connectivity index (χ1n) is 10.3. The van der Waals surface area contributed by atoms with E-state index < -0.39 is 10.0 Å². The first-order valence-corrected chi connectivity index (χ1v) is 11.8. The number of piperidine rings is 1. The number of carbonyl (C=O) groups excluding carboxylic acids is 1. The first-order chi connectivity index (χ1) is 14.2. The van der Waals surface area contributed by atoms with E-state index in [0.717, 1.165) is 30.8 Å². The van der Waals surface area contributed by atoms with Crippen LogP contribution in [0.5, 0.6) is 0 Å². The minimum Gasteiger partial charge on any atom is -0.380 e. The molecule has 30 heavy (non-hydrogen) atoms. The van der Waals surface area contributed by atoms with E-state index >= 15 is 0 Å². The second kappa shape index (κ2) is 9.18. The maximum atomic E-state index is 13.2. The van der Waals surface area contributed by atoms with Crippen molar-refractivity contribution in [2.75, 3.05) is 32.5 Å². The fourth-order valence-electron chi connectivity index (χ4n) is 4.05. The Bertz CT molecular complexity index is 994. The minimum atomic E-state index is -3.48. The number of nitrogens with zero attached hydrogens (tertiary/aromatic N) is 2. The second-order valence-corrected chi connectivity index (χ2v) is 10.6. The van der Waals surface area contributed by atoms with Gasteiger partial charge in [0.15, 0.2) is 0 Å². The molecule has 0 radical (unpaired) electrons. The molecule has 2 aromatic rings. The van der Waals surface area contributed by atoms with E-state index in [2.05, 4.69) is 19.2 Å². The summed E-state index contributed by atoms with van der Waals surface area (Å²) in [7, 11) is -0.448. The van der Waals surface area contributed by atoms with Crippen LogP contribution in [0.1, 0.15) is 36.2 Å². The highest BCUT2D eigenvalue weighted by atomic mass is 32.2. The topological polar surface area (TPSA) is 69.7 Å². The van der Waals surface area contributed by atoms with Gasteiger partial charge in [-0.3, -0.25) is 4.79 Å². The second-order valence-electron chi connectivity index (χ2n) is 8.49. The lowest BCUT2D eigenvalue weighted by atomic mass is 9.91. The fraction of sp³-hybridized carbons (Fsp3) is 0.435. The van der Waals surface area contributed by atoms with Crippen LogP contribution in [0.2, 0.25) is 0 Å². The van der Waals surface area contributed by atoms with Gasteiger partial charge < -0.3 is 10.2 Å². The Morgan fingerprint density at radius 1 is 1.07 bits per heavy atom. The standard InChI is InChI=1S/C23H31N3O3S/c1-17-12-18(2)16-26(15-17)23(27)21-10-5-6-11-22(21)24-14-19-8-7-9-20(13-19)30(28,29)25(3)4/h5-11,13,17-18,24H,12,14-16H2,1-4H3. The number of anilines is 1. The highest BCUT2D eigenvalue weighted by Crippen LogP contribution is 2.25. The van der Waals surface area contributed by atoms with E-state index in [1.54, 1.807) is 18.2 Å². The van der Waals surface area contributed by atoms with Crippen LogP contribution in [0, 0.1) is 11.8 Å². The number of sulfonamides is 1. The van der Waals surface area contributed by atoms with Crippen LogP contribution in [0.25, 0.3) is 0 Å². The summed E-state index contributed by atoms with van der Waals surface area (Å²) in [5.74, 6) is 1.04. The van der Waals surface area contributed by atoms with Crippen molar-refractivity contribution in [1.82, 2.24) is 9.21 Å². The lowest BCUT2D eigenvalue weighted by Gasteiger charge is -2.35. The lowest BCUT2D eigenvalue weighted by Crippen LogP contribution is -2.42. The molecular formula is C23H31N3O3S. The highest BCUT2D eigenvalue weighted by molar-refractivity contribution is 7.89. The fourth-order valence-corrected chi connectivity index (χ4v) is 5.02. The molecule has 0 bridgehead atoms. The van der Waals surface area contributed by atoms with Crippen molar-refractivity contribution in [2.45, 2.75) is 31.7 Å². The summed E-state index contributed by atoms with van der Waals surface area (Å²) in [6.07, 6.45) is 1.15. The molecule has 162 valence electrons. The third-order valence-corrected chi connectivity index (χ3v) is 7.28. The highest BCUT2D eigenvalue weighted by Gasteiger charge is 2.27. The van der Waals surface area contributed by atoms with Crippen molar-refractivity contribution in [3.63, 3.8) is 0 Å². The van der Waals surface area contributed by atoms with Crippen LogP contribution < -0.4 is 5.32 Å². The summed E-state index contributed by atoms with van der Waals surface area (Å²) in [6, 6.07) is 14.4. The van der Waals surface area contributed by atoms with Gasteiger partial charge in [0.05, 0.1) is 10.5 Å². The van der Waals surface area contributed by atoms with Crippen LogP contribution in [-0.4, -0.2) is 50.7 Å². The molecule has 0 aliphatic carbocycles. The Morgan fingerprint density at radius 3 is 2.40 bits per heavy atom. The molecule has 1 saturated heterocycles. The normalized spacial score (nSPS) is 19.7. The van der Waals surface area contributed by atoms with Crippen molar-refractivity contribution in [2.24, 2.45) is 11.8 Å². The monoisotopic (exact) mass is 429 g/mol. The van der Waals surface area contributed by atoms with Gasteiger partial charge >= 0.3 is 0 Å². The summed E-state index contributed by atoms with van der Waals surface area (Å²) in [5, 5.41) is 3.32. The van der Waals surface area contributed by atoms with Crippen LogP contribution in [0.15, 0.2) is 53.4 Å². The van der Waals surface area contributed by atoms with Gasteiger partial charge in [-0.15, -0.1) is 0 Å². The zero-order chi connectivity index (χ0) is 21.9. The number of hydrogen-bond acceptors (Lipinski definition) is 4. The van der Waals surface area contributed by atoms with Gasteiger partial charge in [0, 0.05) is 39.4 Å². The van der Waals surface area contributed by atoms with Gasteiger partial charge in [0.1, 0.15) is 0 Å². The molecule has 1 fully saturated rings. The third kappa shape index (κ3) is 5.02. The van der Waals surface area contributed by atoms with Crippen molar-refractivity contribution < 1.29 is 13.2 Å². The Labute approximate surface area is 179 Å². The summed E-state index contributed by atoms with van der Waals surface area (Å²) >= 11 is 0. The number of para-hydroxylation sites is 1. The molecule has 2 aromatic carbocycles. The van der Waals surface area contributed by atoms with Gasteiger partial charge in [0.25, 0.3) is 5.91 Å². The molecule has 1 aliphatic rings. The average molecular weight is 430 g/mol. The Morgan fingerprint density at radius 2 is 1.73 bits per heavy atom. The molecule has 2 atom stereocenters. The van der Waals surface area contributed by atoms with E-state index in [4.69, 9.17) is 0 Å². The molecule has 0 saturated carbocycles. The quantitative estimate of drug-likeness (QED) is 0.761. The summed E-state index contributed by atoms with van der Waals surface area (Å²) in [5.41, 5.74) is 2.24. The SMILES string of the molecule is CC1CC(C)CN(C(=O)c2ccccc2NCc2cccc(S(=O)(=O)N(C)C)c2)C1. The van der Waals surface area contributed by atoms with Gasteiger partial charge in [-0.05, 0) is 48.1 Å². The van der Waals surface area contributed by atoms with E-state index in [-0.39, 0.29) is 10.8 Å². The summed E-state index contributed by atoms with van der Waals surface area (Å²) in [6.45, 7) is 6.36. The molecule has 3 rings (SSSR count). The van der Waals surface area contributed by atoms with Crippen molar-refractivity contribution >= 4 is 21.6 Å². The number of nitrogens with one attached hydrogen (secondary N) is 1. The molecule has 1 N–H and O–H groups in total. The predicted molar refractivity (Wildman–Crippen MR) is 120 cm³/mol. The number of rotatable bonds is 6. The average Bonchev–Trinajstić information content (AvgIpc) is 2.71. The zero-order valence-corrected chi connectivity index (χ0v) is 18.9. The molecule has 7 heteroatoms. The van der Waals surface area contributed by atoms with E-state index in [9.17, 15) is 13.2 Å². The zero-order valence-electron chi connectivity index (χ0n) is 18.1. The first kappa shape index (κ1) is 22.3. The van der Waals surface area contributed by atoms with Gasteiger partial charge in [0.2, 0.25) is 10.0 Å². The predicted octanol–water partition coefficient (Wildman–Crippen LogP) is 3.67. The van der Waals surface area contributed by atoms with Crippen LogP contribution >= 0.6 is 0 Å². The Kier molecular flexibility index (Phi) is 6.83. The molecule has 0 aromatic heterocycles. The maximum Gasteiger partial charge on any atom is 0.255 e. The number of benzene rings is 2. The number of amides is 1. The molecule has 1 heterocycles. The van der Waals surface area contributed by atoms with E-state index in [0.29, 0.717) is 23.9 Å². The smallest absolute Gasteiger partial charge is 0.255 e. The van der Waals surface area contributed by atoms with Gasteiger partial charge in [-0.1, -0.05) is 38.1 Å². The van der Waals surface area contributed by atoms with Crippen molar-refractivity contribution in [3.8, 4) is 0 Å². The van der Waals surface area contributed by atoms with Crippen LogP contribution in [0.4, 0.5) is 5.69 Å². The summed E-state index contributed by atoms with van der Waals surface area (Å²) in [4.78, 5) is 15.4. The lowest BCUT2D eigenvalue weighted by molar-refractivity contribution is 0.0624. The summed E-state index contributed by atoms with van der Waals surface area (Å²) < 4.78 is 26.0. The number of likely N-dealkylation sites (tertiary alicyclic amines) is 1. The molecule has 1 aliphatic heterocycles. The molecule has 2 unspecified atom stereocenters. The Hall–Kier alpha value is -2.38. The minimum absolute atomic E-state index is 0.0421. The van der Waals surface area contributed by atoms with E-state index in [1.807, 2.05) is 35.2 Å². The van der Waals surface area contributed by atoms with Crippen LogP contribution in [-0.2, 0) is 16.6 Å².